The van der Waals surface area contributed by atoms with Gasteiger partial charge in [0.1, 0.15) is 0 Å². The van der Waals surface area contributed by atoms with Crippen LogP contribution < -0.4 is 9.80 Å². The fourth-order valence-corrected chi connectivity index (χ4v) is 3.08. The summed E-state index contributed by atoms with van der Waals surface area (Å²) in [7, 11) is 5.94. The Hall–Kier alpha value is -1.59. The lowest BCUT2D eigenvalue weighted by Gasteiger charge is -2.23. The molecule has 1 fully saturated rings. The number of amides is 1. The summed E-state index contributed by atoms with van der Waals surface area (Å²) in [5.41, 5.74) is 2.67. The molecule has 108 valence electrons. The van der Waals surface area contributed by atoms with E-state index in [4.69, 9.17) is 0 Å². The summed E-state index contributed by atoms with van der Waals surface area (Å²) in [6.07, 6.45) is 0.152. The van der Waals surface area contributed by atoms with Gasteiger partial charge in [-0.05, 0) is 32.6 Å². The molecule has 1 amide bonds. The quantitative estimate of drug-likeness (QED) is 0.869. The van der Waals surface area contributed by atoms with Crippen molar-refractivity contribution in [2.45, 2.75) is 18.6 Å². The maximum atomic E-state index is 11.8. The number of rotatable bonds is 2. The first kappa shape index (κ1) is 13.4. The average Bonchev–Trinajstić information content (AvgIpc) is 3.00. The van der Waals surface area contributed by atoms with E-state index in [1.54, 1.807) is 11.9 Å². The number of carbonyl (C=O) groups excluding carboxylic acids is 1. The van der Waals surface area contributed by atoms with Crippen LogP contribution >= 0.6 is 0 Å². The van der Waals surface area contributed by atoms with E-state index >= 15 is 0 Å². The van der Waals surface area contributed by atoms with E-state index in [0.29, 0.717) is 11.6 Å². The van der Waals surface area contributed by atoms with E-state index in [2.05, 4.69) is 23.9 Å². The van der Waals surface area contributed by atoms with Gasteiger partial charge in [0.15, 0.2) is 6.10 Å². The predicted octanol–water partition coefficient (Wildman–Crippen LogP) is 0.837. The lowest BCUT2D eigenvalue weighted by Crippen LogP contribution is -2.31. The normalized spacial score (nSPS) is 25.8. The third kappa shape index (κ3) is 1.98. The van der Waals surface area contributed by atoms with E-state index in [1.807, 2.05) is 18.2 Å². The second kappa shape index (κ2) is 4.75. The number of anilines is 2. The Labute approximate surface area is 119 Å². The number of carbonyl (C=O) groups is 1. The van der Waals surface area contributed by atoms with E-state index in [9.17, 15) is 9.90 Å². The number of hydrogen-bond donors (Lipinski definition) is 1. The van der Waals surface area contributed by atoms with E-state index in [-0.39, 0.29) is 5.91 Å². The van der Waals surface area contributed by atoms with Crippen LogP contribution in [0.3, 0.4) is 0 Å². The molecule has 1 N–H and O–H groups in total. The average molecular weight is 275 g/mol. The molecule has 2 atom stereocenters. The summed E-state index contributed by atoms with van der Waals surface area (Å²) in [4.78, 5) is 17.9. The van der Waals surface area contributed by atoms with Crippen LogP contribution in [-0.4, -0.2) is 56.2 Å². The fraction of sp³-hybridized carbons (Fsp3) is 0.533. The summed E-state index contributed by atoms with van der Waals surface area (Å²) in [5.74, 6) is -0.246. The van der Waals surface area contributed by atoms with Crippen molar-refractivity contribution in [3.05, 3.63) is 23.8 Å². The summed E-state index contributed by atoms with van der Waals surface area (Å²) < 4.78 is 0. The Morgan fingerprint density at radius 2 is 2.10 bits per heavy atom. The molecule has 0 spiro atoms. The van der Waals surface area contributed by atoms with Crippen LogP contribution in [0.1, 0.15) is 18.1 Å². The molecule has 1 saturated heterocycles. The molecule has 1 aromatic rings. The van der Waals surface area contributed by atoms with Crippen molar-refractivity contribution in [3.63, 3.8) is 0 Å². The van der Waals surface area contributed by atoms with Gasteiger partial charge >= 0.3 is 0 Å². The highest BCUT2D eigenvalue weighted by molar-refractivity contribution is 6.03. The number of likely N-dealkylation sites (N-methyl/N-ethyl adjacent to an activating group) is 2. The van der Waals surface area contributed by atoms with Gasteiger partial charge in [-0.2, -0.15) is 0 Å². The molecule has 0 radical (unpaired) electrons. The molecule has 2 aliphatic rings. The Kier molecular flexibility index (Phi) is 3.18. The SMILES string of the molecule is CN1C(=O)C(O)c2ccc(N3CCC(N(C)C)C3)cc21. The van der Waals surface area contributed by atoms with Crippen molar-refractivity contribution in [3.8, 4) is 0 Å². The Morgan fingerprint density at radius 1 is 1.35 bits per heavy atom. The Morgan fingerprint density at radius 3 is 2.75 bits per heavy atom. The first-order chi connectivity index (χ1) is 9.49. The van der Waals surface area contributed by atoms with Crippen LogP contribution in [0, 0.1) is 0 Å². The highest BCUT2D eigenvalue weighted by Crippen LogP contribution is 2.38. The molecule has 0 aliphatic carbocycles. The molecular formula is C15H21N3O2. The first-order valence-electron chi connectivity index (χ1n) is 7.00. The number of benzene rings is 1. The van der Waals surface area contributed by atoms with Gasteiger partial charge in [-0.25, -0.2) is 0 Å². The topological polar surface area (TPSA) is 47.0 Å². The van der Waals surface area contributed by atoms with Gasteiger partial charge in [0.25, 0.3) is 5.91 Å². The van der Waals surface area contributed by atoms with Crippen molar-refractivity contribution in [2.24, 2.45) is 0 Å². The van der Waals surface area contributed by atoms with Gasteiger partial charge in [0.05, 0.1) is 5.69 Å². The second-order valence-electron chi connectivity index (χ2n) is 5.90. The molecular weight excluding hydrogens is 254 g/mol. The fourth-order valence-electron chi connectivity index (χ4n) is 3.08. The van der Waals surface area contributed by atoms with Gasteiger partial charge in [-0.1, -0.05) is 6.07 Å². The zero-order valence-corrected chi connectivity index (χ0v) is 12.2. The predicted molar refractivity (Wildman–Crippen MR) is 79.1 cm³/mol. The molecule has 0 saturated carbocycles. The van der Waals surface area contributed by atoms with Crippen LogP contribution in [0.25, 0.3) is 0 Å². The summed E-state index contributed by atoms with van der Waals surface area (Å²) >= 11 is 0. The number of fused-ring (bicyclic) bond motifs is 1. The number of hydrogen-bond acceptors (Lipinski definition) is 4. The molecule has 2 heterocycles. The standard InChI is InChI=1S/C15H21N3O2/c1-16(2)11-6-7-18(9-11)10-4-5-12-13(8-10)17(3)15(20)14(12)19/h4-5,8,11,14,19H,6-7,9H2,1-3H3. The molecule has 5 nitrogen and oxygen atoms in total. The summed E-state index contributed by atoms with van der Waals surface area (Å²) in [6.45, 7) is 2.04. The largest absolute Gasteiger partial charge is 0.378 e. The van der Waals surface area contributed by atoms with Crippen LogP contribution in [0.15, 0.2) is 18.2 Å². The molecule has 20 heavy (non-hydrogen) atoms. The lowest BCUT2D eigenvalue weighted by atomic mass is 10.1. The number of aliphatic hydroxyl groups is 1. The van der Waals surface area contributed by atoms with Crippen LogP contribution in [0.2, 0.25) is 0 Å². The third-order valence-corrected chi connectivity index (χ3v) is 4.49. The zero-order chi connectivity index (χ0) is 14.4. The lowest BCUT2D eigenvalue weighted by molar-refractivity contribution is -0.125. The Bertz CT molecular complexity index is 544. The van der Waals surface area contributed by atoms with E-state index < -0.39 is 6.10 Å². The molecule has 1 aromatic carbocycles. The third-order valence-electron chi connectivity index (χ3n) is 4.49. The second-order valence-corrected chi connectivity index (χ2v) is 5.90. The first-order valence-corrected chi connectivity index (χ1v) is 7.00. The van der Waals surface area contributed by atoms with E-state index in [1.165, 1.54) is 0 Å². The van der Waals surface area contributed by atoms with Crippen molar-refractivity contribution >= 4 is 17.3 Å². The van der Waals surface area contributed by atoms with Crippen LogP contribution in [0.4, 0.5) is 11.4 Å². The summed E-state index contributed by atoms with van der Waals surface area (Å²) in [6, 6.07) is 6.47. The van der Waals surface area contributed by atoms with Gasteiger partial charge in [0, 0.05) is 37.4 Å². The van der Waals surface area contributed by atoms with Crippen molar-refractivity contribution in [1.82, 2.24) is 4.90 Å². The zero-order valence-electron chi connectivity index (χ0n) is 12.2. The van der Waals surface area contributed by atoms with Crippen LogP contribution in [-0.2, 0) is 4.79 Å². The summed E-state index contributed by atoms with van der Waals surface area (Å²) in [5, 5.41) is 9.88. The monoisotopic (exact) mass is 275 g/mol. The van der Waals surface area contributed by atoms with Gasteiger partial charge in [0.2, 0.25) is 0 Å². The van der Waals surface area contributed by atoms with Crippen molar-refractivity contribution in [1.29, 1.82) is 0 Å². The molecule has 2 aliphatic heterocycles. The molecule has 2 unspecified atom stereocenters. The van der Waals surface area contributed by atoms with Crippen LogP contribution in [0.5, 0.6) is 0 Å². The van der Waals surface area contributed by atoms with Crippen molar-refractivity contribution in [2.75, 3.05) is 44.0 Å². The number of nitrogens with zero attached hydrogens (tertiary/aromatic N) is 3. The molecule has 5 heteroatoms. The maximum Gasteiger partial charge on any atom is 0.260 e. The minimum absolute atomic E-state index is 0.246. The molecule has 0 bridgehead atoms. The Balaban J connectivity index is 1.86. The van der Waals surface area contributed by atoms with Crippen molar-refractivity contribution < 1.29 is 9.90 Å². The maximum absolute atomic E-state index is 11.8. The highest BCUT2D eigenvalue weighted by atomic mass is 16.3. The van der Waals surface area contributed by atoms with Gasteiger partial charge < -0.3 is 19.8 Å². The minimum atomic E-state index is -1.00. The minimum Gasteiger partial charge on any atom is -0.378 e. The molecule has 0 aromatic heterocycles. The van der Waals surface area contributed by atoms with Gasteiger partial charge in [-0.3, -0.25) is 4.79 Å². The smallest absolute Gasteiger partial charge is 0.260 e. The van der Waals surface area contributed by atoms with Gasteiger partial charge in [-0.15, -0.1) is 0 Å². The molecule has 3 rings (SSSR count). The van der Waals surface area contributed by atoms with E-state index in [0.717, 1.165) is 30.9 Å². The number of aliphatic hydroxyl groups excluding tert-OH is 1. The highest BCUT2D eigenvalue weighted by Gasteiger charge is 2.34.